The fourth-order valence-electron chi connectivity index (χ4n) is 0.387. The van der Waals surface area contributed by atoms with Gasteiger partial charge in [-0.05, 0) is 0 Å². The summed E-state index contributed by atoms with van der Waals surface area (Å²) in [5, 5.41) is 0. The zero-order valence-corrected chi connectivity index (χ0v) is 6.01. The number of hydrogen-bond donors (Lipinski definition) is 0. The van der Waals surface area contributed by atoms with E-state index in [1.165, 1.54) is 0 Å². The normalized spacial score (nSPS) is 10.5. The first-order valence-corrected chi connectivity index (χ1v) is 2.35. The number of quaternary nitrogens is 1. The summed E-state index contributed by atoms with van der Waals surface area (Å²) < 4.78 is 5.75. The molecule has 0 aromatic rings. The first-order chi connectivity index (χ1) is 3.06. The first kappa shape index (κ1) is 10.8. The van der Waals surface area contributed by atoms with Gasteiger partial charge in [-0.15, -0.1) is 0 Å². The molecule has 0 amide bonds. The van der Waals surface area contributed by atoms with Gasteiger partial charge in [-0.2, -0.15) is 0 Å². The summed E-state index contributed by atoms with van der Waals surface area (Å²) in [6, 6.07) is 0. The molecule has 0 aromatic carbocycles. The lowest BCUT2D eigenvalue weighted by atomic mass is 10.7. The molecule has 0 atom stereocenters. The summed E-state index contributed by atoms with van der Waals surface area (Å²) in [6.07, 6.45) is 0. The van der Waals surface area contributed by atoms with E-state index in [2.05, 4.69) is 21.1 Å². The van der Waals surface area contributed by atoms with Gasteiger partial charge in [0.1, 0.15) is 0 Å². The van der Waals surface area contributed by atoms with Crippen molar-refractivity contribution in [3.63, 3.8) is 0 Å². The smallest absolute Gasteiger partial charge is 0.182 e. The minimum Gasteiger partial charge on any atom is -0.870 e. The van der Waals surface area contributed by atoms with E-state index in [0.29, 0.717) is 0 Å². The van der Waals surface area contributed by atoms with Crippen LogP contribution in [0.15, 0.2) is 0 Å². The van der Waals surface area contributed by atoms with Gasteiger partial charge in [0.15, 0.2) is 6.73 Å². The quantitative estimate of drug-likeness (QED) is 0.384. The minimum absolute atomic E-state index is 0. The number of methoxy groups -OCH3 is 1. The monoisotopic (exact) mass is 121 g/mol. The summed E-state index contributed by atoms with van der Waals surface area (Å²) >= 11 is 0. The largest absolute Gasteiger partial charge is 0.870 e. The van der Waals surface area contributed by atoms with E-state index in [1.54, 1.807) is 7.11 Å². The van der Waals surface area contributed by atoms with E-state index >= 15 is 0 Å². The average molecular weight is 121 g/mol. The van der Waals surface area contributed by atoms with Gasteiger partial charge in [-0.1, -0.05) is 0 Å². The molecule has 0 aliphatic heterocycles. The van der Waals surface area contributed by atoms with Crippen LogP contribution in [-0.2, 0) is 4.74 Å². The highest BCUT2D eigenvalue weighted by molar-refractivity contribution is 4.00. The zero-order chi connectivity index (χ0) is 5.91. The van der Waals surface area contributed by atoms with Crippen LogP contribution in [0.1, 0.15) is 0 Å². The predicted molar refractivity (Wildman–Crippen MR) is 31.8 cm³/mol. The molecular weight excluding hydrogens is 106 g/mol. The maximum Gasteiger partial charge on any atom is 0.182 e. The molecule has 0 bridgehead atoms. The van der Waals surface area contributed by atoms with Gasteiger partial charge in [-0.3, -0.25) is 0 Å². The summed E-state index contributed by atoms with van der Waals surface area (Å²) in [5.74, 6) is 0. The maximum atomic E-state index is 4.88. The van der Waals surface area contributed by atoms with E-state index in [9.17, 15) is 0 Å². The van der Waals surface area contributed by atoms with Crippen LogP contribution < -0.4 is 0 Å². The summed E-state index contributed by atoms with van der Waals surface area (Å²) in [4.78, 5) is 0. The maximum absolute atomic E-state index is 4.88. The van der Waals surface area contributed by atoms with Crippen LogP contribution in [0.25, 0.3) is 0 Å². The van der Waals surface area contributed by atoms with Gasteiger partial charge in [0, 0.05) is 7.11 Å². The fourth-order valence-corrected chi connectivity index (χ4v) is 0.387. The lowest BCUT2D eigenvalue weighted by molar-refractivity contribution is -0.890. The van der Waals surface area contributed by atoms with E-state index in [4.69, 9.17) is 4.74 Å². The van der Waals surface area contributed by atoms with Gasteiger partial charge in [0.2, 0.25) is 0 Å². The number of nitrogens with zero attached hydrogens (tertiary/aromatic N) is 1. The Kier molecular flexibility index (Phi) is 5.17. The molecule has 52 valence electrons. The van der Waals surface area contributed by atoms with Crippen LogP contribution in [-0.4, -0.2) is 44.9 Å². The lowest BCUT2D eigenvalue weighted by Gasteiger charge is -2.21. The van der Waals surface area contributed by atoms with Gasteiger partial charge >= 0.3 is 0 Å². The Morgan fingerprint density at radius 2 is 1.62 bits per heavy atom. The summed E-state index contributed by atoms with van der Waals surface area (Å²) in [6.45, 7) is 0.778. The van der Waals surface area contributed by atoms with Crippen molar-refractivity contribution in [3.8, 4) is 0 Å². The number of rotatable bonds is 2. The molecule has 0 aliphatic rings. The van der Waals surface area contributed by atoms with Gasteiger partial charge in [-0.25, -0.2) is 0 Å². The molecule has 0 spiro atoms. The summed E-state index contributed by atoms with van der Waals surface area (Å²) in [5.41, 5.74) is 0. The molecule has 3 heteroatoms. The highest BCUT2D eigenvalue weighted by atomic mass is 16.5. The van der Waals surface area contributed by atoms with Crippen molar-refractivity contribution in [1.29, 1.82) is 0 Å². The highest BCUT2D eigenvalue weighted by Gasteiger charge is 2.02. The second-order valence-electron chi connectivity index (χ2n) is 2.71. The highest BCUT2D eigenvalue weighted by Crippen LogP contribution is 1.86. The Balaban J connectivity index is 0. The van der Waals surface area contributed by atoms with Crippen LogP contribution >= 0.6 is 0 Å². The molecule has 0 rings (SSSR count). The molecule has 0 fully saturated rings. The fraction of sp³-hybridized carbons (Fsp3) is 1.00. The van der Waals surface area contributed by atoms with Crippen LogP contribution in [0, 0.1) is 0 Å². The van der Waals surface area contributed by atoms with Gasteiger partial charge in [0.25, 0.3) is 0 Å². The van der Waals surface area contributed by atoms with Crippen molar-refractivity contribution in [2.24, 2.45) is 0 Å². The zero-order valence-electron chi connectivity index (χ0n) is 6.01. The van der Waals surface area contributed by atoms with Crippen LogP contribution in [0.3, 0.4) is 0 Å². The van der Waals surface area contributed by atoms with E-state index < -0.39 is 0 Å². The molecular formula is C5H15NO2. The first-order valence-electron chi connectivity index (χ1n) is 2.35. The third-order valence-corrected chi connectivity index (χ3v) is 0.516. The molecule has 0 aliphatic carbocycles. The molecule has 0 saturated carbocycles. The van der Waals surface area contributed by atoms with Crippen molar-refractivity contribution in [2.75, 3.05) is 35.0 Å². The molecule has 0 aromatic heterocycles. The van der Waals surface area contributed by atoms with Crippen molar-refractivity contribution in [3.05, 3.63) is 0 Å². The Labute approximate surface area is 50.8 Å². The van der Waals surface area contributed by atoms with Crippen LogP contribution in [0.4, 0.5) is 0 Å². The van der Waals surface area contributed by atoms with Crippen LogP contribution in [0.2, 0.25) is 0 Å². The SMILES string of the molecule is COC[N+](C)(C)C.[OH-]. The number of hydrogen-bond acceptors (Lipinski definition) is 2. The molecule has 0 heterocycles. The van der Waals surface area contributed by atoms with E-state index in [0.717, 1.165) is 11.2 Å². The third-order valence-electron chi connectivity index (χ3n) is 0.516. The summed E-state index contributed by atoms with van der Waals surface area (Å²) in [7, 11) is 7.97. The number of ether oxygens (including phenoxy) is 1. The molecule has 0 radical (unpaired) electrons. The van der Waals surface area contributed by atoms with E-state index in [1.807, 2.05) is 0 Å². The van der Waals surface area contributed by atoms with Gasteiger partial charge < -0.3 is 14.7 Å². The molecule has 1 N–H and O–H groups in total. The molecule has 0 saturated heterocycles. The van der Waals surface area contributed by atoms with Crippen LogP contribution in [0.5, 0.6) is 0 Å². The topological polar surface area (TPSA) is 39.2 Å². The lowest BCUT2D eigenvalue weighted by Crippen LogP contribution is -2.35. The van der Waals surface area contributed by atoms with Crippen molar-refractivity contribution >= 4 is 0 Å². The second kappa shape index (κ2) is 3.83. The standard InChI is InChI=1S/C5H14NO.H2O/c1-6(2,3)5-7-4;/h5H2,1-4H3;1H2/q+1;/p-1. The molecule has 3 nitrogen and oxygen atoms in total. The predicted octanol–water partition coefficient (Wildman–Crippen LogP) is 0.120. The van der Waals surface area contributed by atoms with Crippen molar-refractivity contribution in [1.82, 2.24) is 0 Å². The second-order valence-corrected chi connectivity index (χ2v) is 2.71. The Bertz CT molecular complexity index is 48.9. The molecule has 0 unspecified atom stereocenters. The van der Waals surface area contributed by atoms with E-state index in [-0.39, 0.29) is 5.48 Å². The Morgan fingerprint density at radius 1 is 1.25 bits per heavy atom. The van der Waals surface area contributed by atoms with Crippen molar-refractivity contribution in [2.45, 2.75) is 0 Å². The molecule has 8 heavy (non-hydrogen) atoms. The van der Waals surface area contributed by atoms with Crippen molar-refractivity contribution < 1.29 is 14.7 Å². The average Bonchev–Trinajstić information content (AvgIpc) is 1.30. The third kappa shape index (κ3) is 9.30. The Hall–Kier alpha value is -0.120. The minimum atomic E-state index is 0. The van der Waals surface area contributed by atoms with Gasteiger partial charge in [0.05, 0.1) is 21.1 Å². The Morgan fingerprint density at radius 3 is 1.62 bits per heavy atom.